The zero-order valence-corrected chi connectivity index (χ0v) is 8.41. The van der Waals surface area contributed by atoms with Crippen LogP contribution in [-0.4, -0.2) is 19.0 Å². The Bertz CT molecular complexity index is 491. The van der Waals surface area contributed by atoms with Crippen molar-refractivity contribution in [1.82, 2.24) is 5.32 Å². The summed E-state index contributed by atoms with van der Waals surface area (Å²) in [7, 11) is 0. The first-order chi connectivity index (χ1) is 8.05. The van der Waals surface area contributed by atoms with Gasteiger partial charge in [-0.3, -0.25) is 0 Å². The predicted molar refractivity (Wildman–Crippen MR) is 49.9 cm³/mol. The van der Waals surface area contributed by atoms with E-state index >= 15 is 0 Å². The lowest BCUT2D eigenvalue weighted by atomic mass is 10.1. The minimum absolute atomic E-state index is 0.0475. The van der Waals surface area contributed by atoms with E-state index in [-0.39, 0.29) is 18.1 Å². The summed E-state index contributed by atoms with van der Waals surface area (Å²) in [6, 6.07) is 3.99. The maximum Gasteiger partial charge on any atom is 0.586 e. The summed E-state index contributed by atoms with van der Waals surface area (Å²) < 4.78 is 39.3. The van der Waals surface area contributed by atoms with Crippen LogP contribution in [0.15, 0.2) is 18.2 Å². The number of rotatable bonds is 1. The van der Waals surface area contributed by atoms with Crippen molar-refractivity contribution in [2.24, 2.45) is 0 Å². The van der Waals surface area contributed by atoms with E-state index in [1.807, 2.05) is 0 Å². The van der Waals surface area contributed by atoms with Gasteiger partial charge in [0.15, 0.2) is 11.5 Å². The van der Waals surface area contributed by atoms with Crippen LogP contribution in [-0.2, 0) is 4.74 Å². The van der Waals surface area contributed by atoms with Crippen molar-refractivity contribution in [2.75, 3.05) is 6.61 Å². The summed E-state index contributed by atoms with van der Waals surface area (Å²) in [5.41, 5.74) is 0.408. The average Bonchev–Trinajstić information content (AvgIpc) is 2.78. The van der Waals surface area contributed by atoms with Crippen LogP contribution in [0.2, 0.25) is 0 Å². The first-order valence-electron chi connectivity index (χ1n) is 4.87. The third-order valence-electron chi connectivity index (χ3n) is 2.51. The summed E-state index contributed by atoms with van der Waals surface area (Å²) in [5.74, 6) is -0.109. The molecule has 1 saturated heterocycles. The fourth-order valence-corrected chi connectivity index (χ4v) is 1.82. The molecule has 0 saturated carbocycles. The maximum absolute atomic E-state index is 12.9. The molecule has 5 nitrogen and oxygen atoms in total. The monoisotopic (exact) mass is 243 g/mol. The van der Waals surface area contributed by atoms with Crippen molar-refractivity contribution in [3.05, 3.63) is 23.8 Å². The molecular formula is C10H7F2NO4. The Kier molecular flexibility index (Phi) is 1.92. The molecular weight excluding hydrogens is 236 g/mol. The number of alkyl carbamates (subject to hydrolysis) is 1. The number of amides is 1. The Balaban J connectivity index is 1.98. The highest BCUT2D eigenvalue weighted by molar-refractivity contribution is 5.70. The predicted octanol–water partition coefficient (Wildman–Crippen LogP) is 1.79. The van der Waals surface area contributed by atoms with Gasteiger partial charge in [0.2, 0.25) is 0 Å². The Hall–Kier alpha value is -2.05. The third-order valence-corrected chi connectivity index (χ3v) is 2.51. The lowest BCUT2D eigenvalue weighted by Gasteiger charge is -2.10. The third kappa shape index (κ3) is 1.63. The molecule has 0 spiro atoms. The molecule has 90 valence electrons. The summed E-state index contributed by atoms with van der Waals surface area (Å²) >= 11 is 0. The van der Waals surface area contributed by atoms with Gasteiger partial charge in [-0.25, -0.2) is 4.79 Å². The Labute approximate surface area is 94.3 Å². The number of carbonyl (C=O) groups is 1. The summed E-state index contributed by atoms with van der Waals surface area (Å²) in [6.45, 7) is 0.0736. The van der Waals surface area contributed by atoms with Gasteiger partial charge in [-0.15, -0.1) is 8.78 Å². The molecule has 7 heteroatoms. The molecule has 1 aromatic rings. The molecule has 1 atom stereocenters. The number of ether oxygens (including phenoxy) is 3. The van der Waals surface area contributed by atoms with Crippen LogP contribution in [0, 0.1) is 0 Å². The molecule has 2 heterocycles. The van der Waals surface area contributed by atoms with Gasteiger partial charge in [0.05, 0.1) is 6.04 Å². The normalized spacial score (nSPS) is 24.4. The van der Waals surface area contributed by atoms with E-state index in [1.54, 1.807) is 12.1 Å². The second-order valence-corrected chi connectivity index (χ2v) is 3.64. The number of para-hydroxylation sites is 1. The van der Waals surface area contributed by atoms with Crippen LogP contribution >= 0.6 is 0 Å². The van der Waals surface area contributed by atoms with E-state index in [9.17, 15) is 13.6 Å². The fourth-order valence-electron chi connectivity index (χ4n) is 1.82. The molecule has 1 aromatic carbocycles. The van der Waals surface area contributed by atoms with Crippen molar-refractivity contribution < 1.29 is 27.8 Å². The molecule has 17 heavy (non-hydrogen) atoms. The van der Waals surface area contributed by atoms with E-state index in [4.69, 9.17) is 4.74 Å². The van der Waals surface area contributed by atoms with Crippen LogP contribution in [0.1, 0.15) is 11.6 Å². The number of nitrogens with one attached hydrogen (secondary N) is 1. The molecule has 1 amide bonds. The van der Waals surface area contributed by atoms with Gasteiger partial charge in [-0.2, -0.15) is 0 Å². The van der Waals surface area contributed by atoms with Crippen LogP contribution in [0.5, 0.6) is 11.5 Å². The van der Waals surface area contributed by atoms with E-state index in [1.165, 1.54) is 6.07 Å². The summed E-state index contributed by atoms with van der Waals surface area (Å²) in [5, 5.41) is 2.49. The molecule has 2 aliphatic heterocycles. The first kappa shape index (κ1) is 10.1. The van der Waals surface area contributed by atoms with Crippen LogP contribution in [0.3, 0.4) is 0 Å². The molecule has 3 rings (SSSR count). The summed E-state index contributed by atoms with van der Waals surface area (Å²) in [6.07, 6.45) is -4.25. The number of fused-ring (bicyclic) bond motifs is 1. The maximum atomic E-state index is 12.9. The fraction of sp³-hybridized carbons (Fsp3) is 0.300. The second-order valence-electron chi connectivity index (χ2n) is 3.64. The van der Waals surface area contributed by atoms with E-state index in [0.29, 0.717) is 5.56 Å². The molecule has 1 fully saturated rings. The molecule has 0 aliphatic carbocycles. The zero-order valence-electron chi connectivity index (χ0n) is 8.41. The lowest BCUT2D eigenvalue weighted by Crippen LogP contribution is -2.26. The standard InChI is InChI=1S/C10H7F2NO4/c11-10(12)16-7-3-1-2-5(8(7)17-10)6-4-15-9(14)13-6/h1-3,6H,4H2,(H,13,14)/t6-/m1/s1. The minimum Gasteiger partial charge on any atom is -0.447 e. The number of hydrogen-bond acceptors (Lipinski definition) is 4. The Morgan fingerprint density at radius 2 is 2.18 bits per heavy atom. The summed E-state index contributed by atoms with van der Waals surface area (Å²) in [4.78, 5) is 10.9. The van der Waals surface area contributed by atoms with Crippen molar-refractivity contribution in [3.63, 3.8) is 0 Å². The van der Waals surface area contributed by atoms with Gasteiger partial charge in [0.1, 0.15) is 6.61 Å². The minimum atomic E-state index is -3.66. The van der Waals surface area contributed by atoms with Crippen molar-refractivity contribution in [1.29, 1.82) is 0 Å². The van der Waals surface area contributed by atoms with E-state index in [0.717, 1.165) is 0 Å². The molecule has 2 aliphatic rings. The van der Waals surface area contributed by atoms with Crippen LogP contribution in [0.25, 0.3) is 0 Å². The van der Waals surface area contributed by atoms with E-state index < -0.39 is 18.4 Å². The number of halogens is 2. The van der Waals surface area contributed by atoms with Crippen molar-refractivity contribution in [3.8, 4) is 11.5 Å². The molecule has 0 bridgehead atoms. The van der Waals surface area contributed by atoms with Crippen LogP contribution in [0.4, 0.5) is 13.6 Å². The number of cyclic esters (lactones) is 1. The van der Waals surface area contributed by atoms with Crippen molar-refractivity contribution in [2.45, 2.75) is 12.3 Å². The average molecular weight is 243 g/mol. The van der Waals surface area contributed by atoms with Gasteiger partial charge in [0, 0.05) is 5.56 Å². The quantitative estimate of drug-likeness (QED) is 0.816. The Morgan fingerprint density at radius 3 is 2.88 bits per heavy atom. The number of carbonyl (C=O) groups excluding carboxylic acids is 1. The van der Waals surface area contributed by atoms with Gasteiger partial charge in [-0.05, 0) is 6.07 Å². The molecule has 0 radical (unpaired) electrons. The smallest absolute Gasteiger partial charge is 0.447 e. The van der Waals surface area contributed by atoms with Crippen molar-refractivity contribution >= 4 is 6.09 Å². The Morgan fingerprint density at radius 1 is 1.35 bits per heavy atom. The van der Waals surface area contributed by atoms with Crippen LogP contribution < -0.4 is 14.8 Å². The highest BCUT2D eigenvalue weighted by Crippen LogP contribution is 2.45. The highest BCUT2D eigenvalue weighted by Gasteiger charge is 2.45. The molecule has 0 aromatic heterocycles. The zero-order chi connectivity index (χ0) is 12.0. The second kappa shape index (κ2) is 3.22. The molecule has 0 unspecified atom stereocenters. The molecule has 1 N–H and O–H groups in total. The van der Waals surface area contributed by atoms with Gasteiger partial charge in [-0.1, -0.05) is 12.1 Å². The topological polar surface area (TPSA) is 56.8 Å². The largest absolute Gasteiger partial charge is 0.586 e. The SMILES string of the molecule is O=C1N[C@@H](c2cccc3c2OC(F)(F)O3)CO1. The van der Waals surface area contributed by atoms with E-state index in [2.05, 4.69) is 14.8 Å². The lowest BCUT2D eigenvalue weighted by molar-refractivity contribution is -0.287. The number of hydrogen-bond donors (Lipinski definition) is 1. The van der Waals surface area contributed by atoms with Gasteiger partial charge >= 0.3 is 12.4 Å². The van der Waals surface area contributed by atoms with Gasteiger partial charge in [0.25, 0.3) is 0 Å². The number of alkyl halides is 2. The number of benzene rings is 1. The first-order valence-corrected chi connectivity index (χ1v) is 4.87. The highest BCUT2D eigenvalue weighted by atomic mass is 19.3. The van der Waals surface area contributed by atoms with Gasteiger partial charge < -0.3 is 19.5 Å².